The van der Waals surface area contributed by atoms with Gasteiger partial charge in [0, 0.05) is 17.2 Å². The summed E-state index contributed by atoms with van der Waals surface area (Å²) in [5.41, 5.74) is 1.22. The number of ketones is 1. The largest absolute Gasteiger partial charge is 0.507 e. The highest BCUT2D eigenvalue weighted by atomic mass is 16.5. The van der Waals surface area contributed by atoms with Crippen LogP contribution in [0.1, 0.15) is 49.3 Å². The van der Waals surface area contributed by atoms with E-state index >= 15 is 0 Å². The number of para-hydroxylation sites is 1. The zero-order valence-electron chi connectivity index (χ0n) is 17.8. The van der Waals surface area contributed by atoms with Crippen LogP contribution in [0.15, 0.2) is 54.1 Å². The molecule has 2 fully saturated rings. The Morgan fingerprint density at radius 2 is 1.71 bits per heavy atom. The van der Waals surface area contributed by atoms with Gasteiger partial charge in [-0.05, 0) is 31.0 Å². The lowest BCUT2D eigenvalue weighted by Crippen LogP contribution is -2.40. The summed E-state index contributed by atoms with van der Waals surface area (Å²) in [7, 11) is 3.10. The van der Waals surface area contributed by atoms with Crippen molar-refractivity contribution in [1.82, 2.24) is 4.90 Å². The van der Waals surface area contributed by atoms with Gasteiger partial charge >= 0.3 is 0 Å². The highest BCUT2D eigenvalue weighted by Crippen LogP contribution is 2.45. The lowest BCUT2D eigenvalue weighted by atomic mass is 9.90. The maximum absolute atomic E-state index is 13.2. The Labute approximate surface area is 182 Å². The molecule has 31 heavy (non-hydrogen) atoms. The summed E-state index contributed by atoms with van der Waals surface area (Å²) >= 11 is 0. The van der Waals surface area contributed by atoms with Gasteiger partial charge in [0.15, 0.2) is 0 Å². The Morgan fingerprint density at radius 3 is 2.42 bits per heavy atom. The number of Topliss-reactive ketones (excluding diaryl/α,β-unsaturated/α-hetero) is 1. The van der Waals surface area contributed by atoms with E-state index in [-0.39, 0.29) is 17.4 Å². The van der Waals surface area contributed by atoms with Crippen LogP contribution < -0.4 is 9.47 Å². The van der Waals surface area contributed by atoms with Crippen LogP contribution in [0.2, 0.25) is 0 Å². The summed E-state index contributed by atoms with van der Waals surface area (Å²) < 4.78 is 10.8. The summed E-state index contributed by atoms with van der Waals surface area (Å²) in [5.74, 6) is -0.299. The van der Waals surface area contributed by atoms with Gasteiger partial charge in [0.1, 0.15) is 17.3 Å². The number of aliphatic hydroxyl groups is 1. The molecule has 0 bridgehead atoms. The SMILES string of the molecule is COc1cccc(/C(O)=C2/C(=O)C(=O)N(C3CCCCC3)C2c2ccccc2OC)c1. The standard InChI is InChI=1S/C25H27NO5/c1-30-18-12-8-9-16(15-18)23(27)21-22(19-13-6-7-14-20(19)31-2)26(25(29)24(21)28)17-10-4-3-5-11-17/h6-9,12-15,17,22,27H,3-5,10-11H2,1-2H3/b23-21-. The van der Waals surface area contributed by atoms with Gasteiger partial charge in [-0.1, -0.05) is 49.6 Å². The van der Waals surface area contributed by atoms with Crippen LogP contribution in [0.3, 0.4) is 0 Å². The second-order valence-corrected chi connectivity index (χ2v) is 7.97. The normalized spacial score (nSPS) is 21.4. The minimum absolute atomic E-state index is 0.0456. The van der Waals surface area contributed by atoms with E-state index in [1.54, 1.807) is 36.3 Å². The average molecular weight is 421 g/mol. The Bertz CT molecular complexity index is 1020. The smallest absolute Gasteiger partial charge is 0.295 e. The van der Waals surface area contributed by atoms with Crippen LogP contribution in [-0.2, 0) is 9.59 Å². The molecule has 1 aliphatic carbocycles. The molecule has 1 aliphatic heterocycles. The quantitative estimate of drug-likeness (QED) is 0.438. The molecule has 1 unspecified atom stereocenters. The lowest BCUT2D eigenvalue weighted by molar-refractivity contribution is -0.141. The van der Waals surface area contributed by atoms with E-state index in [0.29, 0.717) is 22.6 Å². The van der Waals surface area contributed by atoms with Gasteiger partial charge in [-0.25, -0.2) is 0 Å². The molecule has 162 valence electrons. The number of hydrogen-bond acceptors (Lipinski definition) is 5. The van der Waals surface area contributed by atoms with Crippen molar-refractivity contribution in [3.05, 3.63) is 65.2 Å². The van der Waals surface area contributed by atoms with E-state index in [4.69, 9.17) is 9.47 Å². The summed E-state index contributed by atoms with van der Waals surface area (Å²) in [5, 5.41) is 11.2. The first-order valence-electron chi connectivity index (χ1n) is 10.6. The van der Waals surface area contributed by atoms with Crippen LogP contribution in [0.5, 0.6) is 11.5 Å². The molecular formula is C25H27NO5. The van der Waals surface area contributed by atoms with E-state index in [0.717, 1.165) is 32.1 Å². The van der Waals surface area contributed by atoms with Gasteiger partial charge in [-0.3, -0.25) is 9.59 Å². The molecule has 0 radical (unpaired) electrons. The second kappa shape index (κ2) is 8.84. The number of methoxy groups -OCH3 is 2. The fourth-order valence-electron chi connectivity index (χ4n) is 4.71. The van der Waals surface area contributed by atoms with Crippen molar-refractivity contribution < 1.29 is 24.2 Å². The van der Waals surface area contributed by atoms with Crippen molar-refractivity contribution in [3.63, 3.8) is 0 Å². The van der Waals surface area contributed by atoms with E-state index < -0.39 is 17.7 Å². The zero-order chi connectivity index (χ0) is 22.0. The molecule has 0 spiro atoms. The Balaban J connectivity index is 1.91. The number of ether oxygens (including phenoxy) is 2. The number of rotatable bonds is 5. The van der Waals surface area contributed by atoms with Crippen molar-refractivity contribution in [2.24, 2.45) is 0 Å². The third-order valence-electron chi connectivity index (χ3n) is 6.22. The monoisotopic (exact) mass is 421 g/mol. The molecule has 1 atom stereocenters. The first-order chi connectivity index (χ1) is 15.1. The maximum atomic E-state index is 13.2. The van der Waals surface area contributed by atoms with Gasteiger partial charge < -0.3 is 19.5 Å². The van der Waals surface area contributed by atoms with E-state index in [1.807, 2.05) is 24.3 Å². The highest BCUT2D eigenvalue weighted by Gasteiger charge is 2.49. The average Bonchev–Trinajstić information content (AvgIpc) is 3.09. The molecule has 1 heterocycles. The molecule has 6 heteroatoms. The van der Waals surface area contributed by atoms with Gasteiger partial charge in [0.05, 0.1) is 25.8 Å². The first-order valence-corrected chi connectivity index (χ1v) is 10.6. The van der Waals surface area contributed by atoms with Crippen molar-refractivity contribution in [3.8, 4) is 11.5 Å². The number of benzene rings is 2. The minimum Gasteiger partial charge on any atom is -0.507 e. The molecule has 1 amide bonds. The van der Waals surface area contributed by atoms with Crippen LogP contribution >= 0.6 is 0 Å². The molecule has 1 saturated heterocycles. The summed E-state index contributed by atoms with van der Waals surface area (Å²) in [6.45, 7) is 0. The van der Waals surface area contributed by atoms with E-state index in [9.17, 15) is 14.7 Å². The maximum Gasteiger partial charge on any atom is 0.295 e. The minimum atomic E-state index is -0.703. The van der Waals surface area contributed by atoms with Gasteiger partial charge in [-0.2, -0.15) is 0 Å². The Kier molecular flexibility index (Phi) is 5.98. The van der Waals surface area contributed by atoms with E-state index in [2.05, 4.69) is 0 Å². The molecular weight excluding hydrogens is 394 g/mol. The molecule has 2 aromatic rings. The van der Waals surface area contributed by atoms with Crippen LogP contribution in [0.4, 0.5) is 0 Å². The highest BCUT2D eigenvalue weighted by molar-refractivity contribution is 6.46. The van der Waals surface area contributed by atoms with Crippen molar-refractivity contribution in [1.29, 1.82) is 0 Å². The number of amides is 1. The van der Waals surface area contributed by atoms with Crippen molar-refractivity contribution in [2.75, 3.05) is 14.2 Å². The lowest BCUT2D eigenvalue weighted by Gasteiger charge is -2.35. The molecule has 2 aromatic carbocycles. The fraction of sp³-hybridized carbons (Fsp3) is 0.360. The summed E-state index contributed by atoms with van der Waals surface area (Å²) in [6.07, 6.45) is 4.85. The molecule has 1 saturated carbocycles. The second-order valence-electron chi connectivity index (χ2n) is 7.97. The third kappa shape index (κ3) is 3.78. The zero-order valence-corrected chi connectivity index (χ0v) is 17.8. The number of nitrogens with zero attached hydrogens (tertiary/aromatic N) is 1. The van der Waals surface area contributed by atoms with Crippen LogP contribution in [0, 0.1) is 0 Å². The van der Waals surface area contributed by atoms with Gasteiger partial charge in [-0.15, -0.1) is 0 Å². The number of hydrogen-bond donors (Lipinski definition) is 1. The third-order valence-corrected chi connectivity index (χ3v) is 6.22. The Hall–Kier alpha value is -3.28. The predicted octanol–water partition coefficient (Wildman–Crippen LogP) is 4.46. The van der Waals surface area contributed by atoms with Gasteiger partial charge in [0.2, 0.25) is 0 Å². The molecule has 2 aliphatic rings. The number of carbonyl (C=O) groups excluding carboxylic acids is 2. The first kappa shape index (κ1) is 21.0. The molecule has 1 N–H and O–H groups in total. The van der Waals surface area contributed by atoms with Crippen molar-refractivity contribution >= 4 is 17.4 Å². The fourth-order valence-corrected chi connectivity index (χ4v) is 4.71. The Morgan fingerprint density at radius 1 is 0.968 bits per heavy atom. The van der Waals surface area contributed by atoms with Gasteiger partial charge in [0.25, 0.3) is 11.7 Å². The van der Waals surface area contributed by atoms with Crippen molar-refractivity contribution in [2.45, 2.75) is 44.2 Å². The summed E-state index contributed by atoms with van der Waals surface area (Å²) in [6, 6.07) is 13.5. The topological polar surface area (TPSA) is 76.1 Å². The summed E-state index contributed by atoms with van der Waals surface area (Å²) in [4.78, 5) is 28.1. The number of likely N-dealkylation sites (tertiary alicyclic amines) is 1. The molecule has 4 rings (SSSR count). The predicted molar refractivity (Wildman–Crippen MR) is 117 cm³/mol. The number of carbonyl (C=O) groups is 2. The van der Waals surface area contributed by atoms with E-state index in [1.165, 1.54) is 7.11 Å². The molecule has 6 nitrogen and oxygen atoms in total. The van der Waals surface area contributed by atoms with Crippen LogP contribution in [-0.4, -0.2) is 42.0 Å². The number of aliphatic hydroxyl groups excluding tert-OH is 1. The molecule has 0 aromatic heterocycles. The van der Waals surface area contributed by atoms with Crippen LogP contribution in [0.25, 0.3) is 5.76 Å².